The highest BCUT2D eigenvalue weighted by Crippen LogP contribution is 2.38. The number of amides is 1. The number of halogens is 2. The van der Waals surface area contributed by atoms with E-state index in [1.807, 2.05) is 0 Å². The second-order valence-electron chi connectivity index (χ2n) is 6.83. The number of nitrogens with zero attached hydrogens (tertiary/aromatic N) is 1. The summed E-state index contributed by atoms with van der Waals surface area (Å²) in [6.07, 6.45) is -1.69. The molecule has 152 valence electrons. The van der Waals surface area contributed by atoms with Crippen LogP contribution >= 0.6 is 11.6 Å². The van der Waals surface area contributed by atoms with E-state index in [2.05, 4.69) is 0 Å². The lowest BCUT2D eigenvalue weighted by atomic mass is 9.98. The summed E-state index contributed by atoms with van der Waals surface area (Å²) < 4.78 is 24.9. The molecular formula is C23H17ClFNO4. The summed E-state index contributed by atoms with van der Waals surface area (Å²) in [6, 6.07) is 18.7. The molecule has 0 bridgehead atoms. The van der Waals surface area contributed by atoms with Crippen molar-refractivity contribution in [1.29, 1.82) is 0 Å². The van der Waals surface area contributed by atoms with Crippen molar-refractivity contribution in [3.8, 4) is 11.5 Å². The number of cyclic esters (lactones) is 1. The Kier molecular flexibility index (Phi) is 5.42. The summed E-state index contributed by atoms with van der Waals surface area (Å²) in [6.45, 7) is 1.34. The fraction of sp³-hybridized carbons (Fsp3) is 0.130. The largest absolute Gasteiger partial charge is 0.457 e. The van der Waals surface area contributed by atoms with Crippen LogP contribution in [0.2, 0.25) is 5.02 Å². The van der Waals surface area contributed by atoms with E-state index in [1.165, 1.54) is 30.0 Å². The van der Waals surface area contributed by atoms with Gasteiger partial charge in [0.25, 0.3) is 0 Å². The number of ether oxygens (including phenoxy) is 2. The van der Waals surface area contributed by atoms with Gasteiger partial charge in [0.15, 0.2) is 11.9 Å². The second-order valence-corrected chi connectivity index (χ2v) is 7.27. The van der Waals surface area contributed by atoms with Gasteiger partial charge in [-0.2, -0.15) is 0 Å². The lowest BCUT2D eigenvalue weighted by Crippen LogP contribution is -2.32. The molecule has 30 heavy (non-hydrogen) atoms. The summed E-state index contributed by atoms with van der Waals surface area (Å²) in [5.41, 5.74) is 0.976. The molecule has 1 fully saturated rings. The van der Waals surface area contributed by atoms with E-state index in [0.29, 0.717) is 27.8 Å². The van der Waals surface area contributed by atoms with Crippen molar-refractivity contribution < 1.29 is 23.5 Å². The van der Waals surface area contributed by atoms with Crippen LogP contribution in [-0.2, 0) is 9.53 Å². The first-order chi connectivity index (χ1) is 14.4. The minimum Gasteiger partial charge on any atom is -0.457 e. The Labute approximate surface area is 177 Å². The smallest absolute Gasteiger partial charge is 0.415 e. The first-order valence-electron chi connectivity index (χ1n) is 9.21. The van der Waals surface area contributed by atoms with E-state index in [4.69, 9.17) is 21.1 Å². The summed E-state index contributed by atoms with van der Waals surface area (Å²) in [5, 5.41) is 0.605. The summed E-state index contributed by atoms with van der Waals surface area (Å²) in [7, 11) is 0. The molecule has 0 N–H and O–H groups in total. The number of hydrogen-bond donors (Lipinski definition) is 0. The molecule has 7 heteroatoms. The number of hydrogen-bond acceptors (Lipinski definition) is 4. The van der Waals surface area contributed by atoms with Crippen molar-refractivity contribution in [1.82, 2.24) is 0 Å². The Morgan fingerprint density at radius 3 is 2.27 bits per heavy atom. The van der Waals surface area contributed by atoms with Gasteiger partial charge in [-0.1, -0.05) is 23.7 Å². The molecule has 1 saturated heterocycles. The highest BCUT2D eigenvalue weighted by molar-refractivity contribution is 6.30. The number of benzene rings is 3. The molecule has 1 aliphatic rings. The topological polar surface area (TPSA) is 55.8 Å². The fourth-order valence-corrected chi connectivity index (χ4v) is 3.50. The standard InChI is InChI=1S/C23H17ClFNO4/c1-14(27)22-21(15-3-2-4-17(25)13-15)26(23(28)30-22)18-7-11-20(12-8-18)29-19-9-5-16(24)6-10-19/h2-13,21-22H,1H3/t21-,22+/m0/s1. The maximum atomic E-state index is 13.8. The minimum atomic E-state index is -1.02. The predicted octanol–water partition coefficient (Wildman–Crippen LogP) is 5.93. The van der Waals surface area contributed by atoms with E-state index in [9.17, 15) is 14.0 Å². The molecule has 0 radical (unpaired) electrons. The van der Waals surface area contributed by atoms with Gasteiger partial charge in [0, 0.05) is 10.7 Å². The van der Waals surface area contributed by atoms with Gasteiger partial charge in [0.2, 0.25) is 0 Å². The molecule has 3 aromatic rings. The molecule has 0 unspecified atom stereocenters. The van der Waals surface area contributed by atoms with E-state index < -0.39 is 24.1 Å². The molecule has 0 spiro atoms. The van der Waals surface area contributed by atoms with Crippen molar-refractivity contribution in [2.24, 2.45) is 0 Å². The molecule has 0 saturated carbocycles. The van der Waals surface area contributed by atoms with E-state index >= 15 is 0 Å². The van der Waals surface area contributed by atoms with E-state index in [-0.39, 0.29) is 5.78 Å². The van der Waals surface area contributed by atoms with Crippen LogP contribution in [-0.4, -0.2) is 18.0 Å². The Hall–Kier alpha value is -3.38. The van der Waals surface area contributed by atoms with Gasteiger partial charge in [0.05, 0.1) is 0 Å². The van der Waals surface area contributed by atoms with Crippen LogP contribution in [0.1, 0.15) is 18.5 Å². The molecule has 0 aromatic heterocycles. The summed E-state index contributed by atoms with van der Waals surface area (Å²) >= 11 is 5.88. The first kappa shape index (κ1) is 19.9. The Morgan fingerprint density at radius 2 is 1.67 bits per heavy atom. The van der Waals surface area contributed by atoms with E-state index in [1.54, 1.807) is 54.6 Å². The molecule has 0 aliphatic carbocycles. The van der Waals surface area contributed by atoms with Gasteiger partial charge >= 0.3 is 6.09 Å². The van der Waals surface area contributed by atoms with Gasteiger partial charge in [-0.15, -0.1) is 0 Å². The lowest BCUT2D eigenvalue weighted by molar-refractivity contribution is -0.124. The third-order valence-corrected chi connectivity index (χ3v) is 5.00. The summed E-state index contributed by atoms with van der Waals surface area (Å²) in [4.78, 5) is 26.0. The van der Waals surface area contributed by atoms with Crippen molar-refractivity contribution in [2.45, 2.75) is 19.1 Å². The number of carbonyl (C=O) groups excluding carboxylic acids is 2. The van der Waals surface area contributed by atoms with Crippen molar-refractivity contribution in [3.63, 3.8) is 0 Å². The molecule has 1 amide bonds. The van der Waals surface area contributed by atoms with Crippen LogP contribution in [0.3, 0.4) is 0 Å². The molecule has 4 rings (SSSR count). The molecule has 2 atom stereocenters. The molecule has 1 heterocycles. The zero-order valence-electron chi connectivity index (χ0n) is 15.9. The van der Waals surface area contributed by atoms with Gasteiger partial charge in [0.1, 0.15) is 23.4 Å². The minimum absolute atomic E-state index is 0.317. The quantitative estimate of drug-likeness (QED) is 0.508. The number of carbonyl (C=O) groups is 2. The highest BCUT2D eigenvalue weighted by Gasteiger charge is 2.46. The SMILES string of the molecule is CC(=O)[C@H]1OC(=O)N(c2ccc(Oc3ccc(Cl)cc3)cc2)[C@H]1c1cccc(F)c1. The maximum Gasteiger partial charge on any atom is 0.415 e. The predicted molar refractivity (Wildman–Crippen MR) is 111 cm³/mol. The maximum absolute atomic E-state index is 13.8. The van der Waals surface area contributed by atoms with Crippen LogP contribution in [0.25, 0.3) is 0 Å². The van der Waals surface area contributed by atoms with Gasteiger partial charge in [-0.25, -0.2) is 9.18 Å². The number of ketones is 1. The third kappa shape index (κ3) is 4.00. The Balaban J connectivity index is 1.64. The van der Waals surface area contributed by atoms with Crippen molar-refractivity contribution in [3.05, 3.63) is 89.2 Å². The monoisotopic (exact) mass is 425 g/mol. The average molecular weight is 426 g/mol. The van der Waals surface area contributed by atoms with E-state index in [0.717, 1.165) is 0 Å². The van der Waals surface area contributed by atoms with Crippen LogP contribution in [0.15, 0.2) is 72.8 Å². The molecule has 1 aliphatic heterocycles. The normalized spacial score (nSPS) is 18.2. The van der Waals surface area contributed by atoms with Crippen molar-refractivity contribution in [2.75, 3.05) is 4.90 Å². The third-order valence-electron chi connectivity index (χ3n) is 4.74. The van der Waals surface area contributed by atoms with Crippen LogP contribution < -0.4 is 9.64 Å². The summed E-state index contributed by atoms with van der Waals surface area (Å²) in [5.74, 6) is 0.393. The molecule has 5 nitrogen and oxygen atoms in total. The fourth-order valence-electron chi connectivity index (χ4n) is 3.38. The number of rotatable bonds is 5. The second kappa shape index (κ2) is 8.16. The highest BCUT2D eigenvalue weighted by atomic mass is 35.5. The lowest BCUT2D eigenvalue weighted by Gasteiger charge is -2.24. The number of Topliss-reactive ketones (excluding diaryl/α,β-unsaturated/α-hetero) is 1. The van der Waals surface area contributed by atoms with Crippen LogP contribution in [0.5, 0.6) is 11.5 Å². The van der Waals surface area contributed by atoms with Gasteiger partial charge in [-0.05, 0) is 73.2 Å². The molecule has 3 aromatic carbocycles. The first-order valence-corrected chi connectivity index (χ1v) is 9.59. The zero-order valence-corrected chi connectivity index (χ0v) is 16.7. The number of anilines is 1. The molecular weight excluding hydrogens is 409 g/mol. The Bertz CT molecular complexity index is 1090. The average Bonchev–Trinajstić information content (AvgIpc) is 3.08. The zero-order chi connectivity index (χ0) is 21.3. The van der Waals surface area contributed by atoms with Crippen LogP contribution in [0.4, 0.5) is 14.9 Å². The van der Waals surface area contributed by atoms with Crippen molar-refractivity contribution >= 4 is 29.2 Å². The van der Waals surface area contributed by atoms with Crippen LogP contribution in [0, 0.1) is 5.82 Å². The Morgan fingerprint density at radius 1 is 1.03 bits per heavy atom. The van der Waals surface area contributed by atoms with Gasteiger partial charge < -0.3 is 9.47 Å². The van der Waals surface area contributed by atoms with Gasteiger partial charge in [-0.3, -0.25) is 9.69 Å².